The Bertz CT molecular complexity index is 961. The van der Waals surface area contributed by atoms with E-state index in [-0.39, 0.29) is 49.3 Å². The van der Waals surface area contributed by atoms with E-state index in [9.17, 15) is 18.0 Å². The van der Waals surface area contributed by atoms with Crippen LogP contribution in [0.4, 0.5) is 13.2 Å². The number of carbonyl (C=O) groups is 1. The third-order valence-electron chi connectivity index (χ3n) is 5.26. The standard InChI is InChI=1S/C20H22F3N3O6S/c1-2-28-16-14(29-8-9-31-20(21,22)23)4-3-13(25-16)17(27)26-7-5-19(18-24-6-10-33-18)15(11-26)30-12-32-19/h3-4,6,10,15H,2,5,7-9,11-12H2,1H3/t15-,19+/m1/s1. The summed E-state index contributed by atoms with van der Waals surface area (Å²) in [4.78, 5) is 23.4. The molecule has 0 aromatic carbocycles. The highest BCUT2D eigenvalue weighted by molar-refractivity contribution is 7.09. The topological polar surface area (TPSA) is 92.2 Å². The van der Waals surface area contributed by atoms with E-state index in [1.54, 1.807) is 18.0 Å². The zero-order chi connectivity index (χ0) is 23.5. The number of fused-ring (bicyclic) bond motifs is 1. The first kappa shape index (κ1) is 23.7. The lowest BCUT2D eigenvalue weighted by atomic mass is 9.89. The fraction of sp³-hybridized carbons (Fsp3) is 0.550. The molecule has 0 spiro atoms. The number of carbonyl (C=O) groups excluding carboxylic acids is 1. The molecule has 0 unspecified atom stereocenters. The molecule has 2 aliphatic heterocycles. The van der Waals surface area contributed by atoms with Gasteiger partial charge in [-0.25, -0.2) is 9.97 Å². The zero-order valence-electron chi connectivity index (χ0n) is 17.7. The molecule has 4 heterocycles. The smallest absolute Gasteiger partial charge is 0.486 e. The summed E-state index contributed by atoms with van der Waals surface area (Å²) in [5, 5.41) is 2.70. The normalized spacial score (nSPS) is 22.8. The average Bonchev–Trinajstić information content (AvgIpc) is 3.46. The molecule has 0 N–H and O–H groups in total. The summed E-state index contributed by atoms with van der Waals surface area (Å²) in [5.74, 6) is -0.191. The molecule has 2 aliphatic rings. The van der Waals surface area contributed by atoms with E-state index in [1.807, 2.05) is 5.38 Å². The number of amides is 1. The lowest BCUT2D eigenvalue weighted by molar-refractivity contribution is -0.325. The number of ether oxygens (including phenoxy) is 5. The maximum Gasteiger partial charge on any atom is 0.522 e. The van der Waals surface area contributed by atoms with Crippen LogP contribution in [0, 0.1) is 0 Å². The van der Waals surface area contributed by atoms with E-state index in [0.29, 0.717) is 19.5 Å². The van der Waals surface area contributed by atoms with Crippen LogP contribution in [0.1, 0.15) is 28.8 Å². The number of hydrogen-bond donors (Lipinski definition) is 0. The number of piperidine rings is 1. The number of likely N-dealkylation sites (tertiary alicyclic amines) is 1. The van der Waals surface area contributed by atoms with Gasteiger partial charge >= 0.3 is 6.36 Å². The Balaban J connectivity index is 1.43. The molecule has 4 rings (SSSR count). The van der Waals surface area contributed by atoms with Crippen molar-refractivity contribution in [3.05, 3.63) is 34.4 Å². The van der Waals surface area contributed by atoms with E-state index in [1.165, 1.54) is 23.5 Å². The first-order chi connectivity index (χ1) is 15.8. The molecule has 2 aromatic heterocycles. The zero-order valence-corrected chi connectivity index (χ0v) is 18.5. The van der Waals surface area contributed by atoms with Crippen molar-refractivity contribution in [1.29, 1.82) is 0 Å². The van der Waals surface area contributed by atoms with Gasteiger partial charge in [-0.2, -0.15) is 0 Å². The molecule has 0 radical (unpaired) electrons. The minimum atomic E-state index is -4.74. The first-order valence-corrected chi connectivity index (χ1v) is 11.1. The first-order valence-electron chi connectivity index (χ1n) is 10.2. The van der Waals surface area contributed by atoms with Gasteiger partial charge in [0.15, 0.2) is 11.4 Å². The van der Waals surface area contributed by atoms with E-state index >= 15 is 0 Å². The summed E-state index contributed by atoms with van der Waals surface area (Å²) < 4.78 is 62.4. The van der Waals surface area contributed by atoms with Crippen LogP contribution in [-0.4, -0.2) is 72.9 Å². The minimum absolute atomic E-state index is 0.0185. The number of hydrogen-bond acceptors (Lipinski definition) is 9. The van der Waals surface area contributed by atoms with Gasteiger partial charge in [-0.3, -0.25) is 9.53 Å². The van der Waals surface area contributed by atoms with E-state index in [4.69, 9.17) is 18.9 Å². The number of rotatable bonds is 8. The minimum Gasteiger partial charge on any atom is -0.486 e. The molecule has 13 heteroatoms. The predicted molar refractivity (Wildman–Crippen MR) is 108 cm³/mol. The molecule has 0 aliphatic carbocycles. The molecule has 2 aromatic rings. The number of thiazole rings is 1. The molecule has 9 nitrogen and oxygen atoms in total. The summed E-state index contributed by atoms with van der Waals surface area (Å²) in [7, 11) is 0. The maximum atomic E-state index is 13.1. The fourth-order valence-corrected chi connectivity index (χ4v) is 4.63. The van der Waals surface area contributed by atoms with Crippen molar-refractivity contribution in [3.63, 3.8) is 0 Å². The van der Waals surface area contributed by atoms with Crippen LogP contribution in [0.3, 0.4) is 0 Å². The molecule has 0 bridgehead atoms. The highest BCUT2D eigenvalue weighted by Gasteiger charge is 2.53. The van der Waals surface area contributed by atoms with Crippen molar-refractivity contribution < 1.29 is 41.7 Å². The molecular weight excluding hydrogens is 467 g/mol. The van der Waals surface area contributed by atoms with Crippen LogP contribution in [0.15, 0.2) is 23.7 Å². The summed E-state index contributed by atoms with van der Waals surface area (Å²) in [6.45, 7) is 1.74. The Hall–Kier alpha value is -2.48. The van der Waals surface area contributed by atoms with E-state index in [2.05, 4.69) is 14.7 Å². The fourth-order valence-electron chi connectivity index (χ4n) is 3.77. The van der Waals surface area contributed by atoms with Gasteiger partial charge in [0.05, 0.1) is 19.8 Å². The van der Waals surface area contributed by atoms with Gasteiger partial charge in [0.25, 0.3) is 11.8 Å². The number of nitrogens with zero attached hydrogens (tertiary/aromatic N) is 3. The lowest BCUT2D eigenvalue weighted by Gasteiger charge is -2.40. The van der Waals surface area contributed by atoms with Crippen LogP contribution >= 0.6 is 11.3 Å². The van der Waals surface area contributed by atoms with Crippen molar-refractivity contribution in [2.24, 2.45) is 0 Å². The van der Waals surface area contributed by atoms with Crippen molar-refractivity contribution >= 4 is 17.2 Å². The molecular formula is C20H22F3N3O6S. The van der Waals surface area contributed by atoms with Gasteiger partial charge in [-0.15, -0.1) is 24.5 Å². The predicted octanol–water partition coefficient (Wildman–Crippen LogP) is 2.97. The summed E-state index contributed by atoms with van der Waals surface area (Å²) in [5.41, 5.74) is -0.539. The molecule has 0 saturated carbocycles. The second-order valence-corrected chi connectivity index (χ2v) is 8.12. The van der Waals surface area contributed by atoms with E-state index in [0.717, 1.165) is 5.01 Å². The van der Waals surface area contributed by atoms with E-state index < -0.39 is 18.6 Å². The molecule has 2 saturated heterocycles. The van der Waals surface area contributed by atoms with Gasteiger partial charge in [-0.05, 0) is 19.1 Å². The van der Waals surface area contributed by atoms with Crippen molar-refractivity contribution in [2.45, 2.75) is 31.4 Å². The Kier molecular flexibility index (Phi) is 7.02. The maximum absolute atomic E-state index is 13.1. The number of aromatic nitrogens is 2. The van der Waals surface area contributed by atoms with Crippen molar-refractivity contribution in [3.8, 4) is 11.6 Å². The van der Waals surface area contributed by atoms with Gasteiger partial charge < -0.3 is 23.8 Å². The Morgan fingerprint density at radius 3 is 2.91 bits per heavy atom. The molecule has 2 atom stereocenters. The second-order valence-electron chi connectivity index (χ2n) is 7.22. The highest BCUT2D eigenvalue weighted by Crippen LogP contribution is 2.43. The van der Waals surface area contributed by atoms with Gasteiger partial charge in [-0.1, -0.05) is 0 Å². The van der Waals surface area contributed by atoms with Crippen LogP contribution in [0.5, 0.6) is 11.6 Å². The van der Waals surface area contributed by atoms with Gasteiger partial charge in [0.1, 0.15) is 30.2 Å². The number of alkyl halides is 3. The lowest BCUT2D eigenvalue weighted by Crippen LogP contribution is -2.53. The van der Waals surface area contributed by atoms with Crippen molar-refractivity contribution in [1.82, 2.24) is 14.9 Å². The molecule has 2 fully saturated rings. The third kappa shape index (κ3) is 5.21. The van der Waals surface area contributed by atoms with Gasteiger partial charge in [0, 0.05) is 24.5 Å². The second kappa shape index (κ2) is 9.79. The van der Waals surface area contributed by atoms with Crippen LogP contribution < -0.4 is 9.47 Å². The summed E-state index contributed by atoms with van der Waals surface area (Å²) in [6, 6.07) is 2.89. The quantitative estimate of drug-likeness (QED) is 0.523. The number of pyridine rings is 1. The molecule has 180 valence electrons. The van der Waals surface area contributed by atoms with Crippen LogP contribution in [-0.2, 0) is 19.8 Å². The monoisotopic (exact) mass is 489 g/mol. The summed E-state index contributed by atoms with van der Waals surface area (Å²) in [6.07, 6.45) is -2.86. The average molecular weight is 489 g/mol. The van der Waals surface area contributed by atoms with Gasteiger partial charge in [0.2, 0.25) is 0 Å². The summed E-state index contributed by atoms with van der Waals surface area (Å²) >= 11 is 1.49. The Morgan fingerprint density at radius 1 is 1.33 bits per heavy atom. The van der Waals surface area contributed by atoms with Crippen LogP contribution in [0.25, 0.3) is 0 Å². The Morgan fingerprint density at radius 2 is 2.18 bits per heavy atom. The molecule has 1 amide bonds. The largest absolute Gasteiger partial charge is 0.522 e. The van der Waals surface area contributed by atoms with Crippen LogP contribution in [0.2, 0.25) is 0 Å². The van der Waals surface area contributed by atoms with Crippen molar-refractivity contribution in [2.75, 3.05) is 39.7 Å². The Labute approximate surface area is 191 Å². The number of halogens is 3. The SMILES string of the molecule is CCOc1nc(C(=O)N2CC[C@]3(c4nccs4)OCO[C@@H]3C2)ccc1OCCOC(F)(F)F. The highest BCUT2D eigenvalue weighted by atomic mass is 32.1. The third-order valence-corrected chi connectivity index (χ3v) is 6.19. The molecule has 33 heavy (non-hydrogen) atoms.